The molecule has 12 heteroatoms. The number of rotatable bonds is 10. The molecule has 3 atom stereocenters. The van der Waals surface area contributed by atoms with Crippen LogP contribution in [0.4, 0.5) is 22.0 Å². The number of halogens is 1. The molecule has 2 fully saturated rings. The Labute approximate surface area is 228 Å². The third kappa shape index (κ3) is 7.57. The molecule has 0 spiro atoms. The second-order valence-electron chi connectivity index (χ2n) is 10.4. The molecule has 2 aliphatic rings. The molecule has 0 radical (unpaired) electrons. The highest BCUT2D eigenvalue weighted by Gasteiger charge is 2.30. The summed E-state index contributed by atoms with van der Waals surface area (Å²) in [5.41, 5.74) is 0.871. The van der Waals surface area contributed by atoms with Crippen LogP contribution in [0, 0.1) is 24.6 Å². The number of nitrogens with one attached hydrogen (secondary N) is 3. The van der Waals surface area contributed by atoms with Gasteiger partial charge in [0.05, 0.1) is 5.92 Å². The van der Waals surface area contributed by atoms with Crippen molar-refractivity contribution in [3.05, 3.63) is 23.3 Å². The second-order valence-corrected chi connectivity index (χ2v) is 11.5. The predicted octanol–water partition coefficient (Wildman–Crippen LogP) is 4.50. The number of esters is 1. The molecule has 1 saturated carbocycles. The molecule has 1 aliphatic carbocycles. The molecule has 3 heterocycles. The Kier molecular flexibility index (Phi) is 10.2. The van der Waals surface area contributed by atoms with Crippen molar-refractivity contribution in [1.82, 2.24) is 24.9 Å². The molecule has 2 aromatic heterocycles. The van der Waals surface area contributed by atoms with Crippen LogP contribution in [0.1, 0.15) is 63.8 Å². The average molecular weight is 550 g/mol. The minimum atomic E-state index is -0.657. The fraction of sp³-hybridized carbons (Fsp3) is 0.692. The zero-order valence-corrected chi connectivity index (χ0v) is 23.6. The first-order chi connectivity index (χ1) is 18.3. The van der Waals surface area contributed by atoms with Gasteiger partial charge < -0.3 is 19.7 Å². The summed E-state index contributed by atoms with van der Waals surface area (Å²) >= 11 is 1.74. The lowest BCUT2D eigenvalue weighted by molar-refractivity contribution is -0.153. The highest BCUT2D eigenvalue weighted by molar-refractivity contribution is 7.97. The van der Waals surface area contributed by atoms with Crippen LogP contribution >= 0.6 is 11.9 Å². The Morgan fingerprint density at radius 2 is 2.05 bits per heavy atom. The second kappa shape index (κ2) is 13.6. The van der Waals surface area contributed by atoms with Crippen molar-refractivity contribution >= 4 is 35.5 Å². The Hall–Kier alpha value is -2.44. The first-order valence-corrected chi connectivity index (χ1v) is 14.5. The number of nitrogens with zero attached hydrogens (tertiary/aromatic N) is 4. The number of carbonyl (C=O) groups excluding carboxylic acids is 1. The van der Waals surface area contributed by atoms with E-state index >= 15 is 4.39 Å². The van der Waals surface area contributed by atoms with E-state index in [1.807, 2.05) is 18.9 Å². The molecule has 1 saturated heterocycles. The number of hydrogen-bond acceptors (Lipinski definition) is 10. The molecule has 0 bridgehead atoms. The first-order valence-electron chi connectivity index (χ1n) is 13.5. The number of aromatic nitrogens is 4. The molecule has 210 valence electrons. The van der Waals surface area contributed by atoms with Gasteiger partial charge >= 0.3 is 5.97 Å². The molecule has 1 aliphatic heterocycles. The molecule has 0 aromatic carbocycles. The van der Waals surface area contributed by atoms with E-state index in [0.717, 1.165) is 37.1 Å². The first kappa shape index (κ1) is 28.6. The van der Waals surface area contributed by atoms with Gasteiger partial charge in [0.15, 0.2) is 17.5 Å². The van der Waals surface area contributed by atoms with Gasteiger partial charge in [-0.1, -0.05) is 25.8 Å². The van der Waals surface area contributed by atoms with Crippen LogP contribution in [-0.4, -0.2) is 64.2 Å². The molecule has 3 N–H and O–H groups in total. The minimum absolute atomic E-state index is 0.00310. The van der Waals surface area contributed by atoms with E-state index in [2.05, 4.69) is 44.1 Å². The van der Waals surface area contributed by atoms with Crippen molar-refractivity contribution in [2.24, 2.45) is 11.8 Å². The van der Waals surface area contributed by atoms with Gasteiger partial charge in [0, 0.05) is 49.9 Å². The monoisotopic (exact) mass is 549 g/mol. The molecule has 38 heavy (non-hydrogen) atoms. The van der Waals surface area contributed by atoms with Gasteiger partial charge in [0.2, 0.25) is 5.95 Å². The van der Waals surface area contributed by atoms with Crippen LogP contribution in [0.5, 0.6) is 0 Å². The van der Waals surface area contributed by atoms with Crippen LogP contribution in [0.25, 0.3) is 0 Å². The largest absolute Gasteiger partial charge is 0.459 e. The zero-order valence-electron chi connectivity index (χ0n) is 22.8. The van der Waals surface area contributed by atoms with Gasteiger partial charge in [0.25, 0.3) is 0 Å². The smallest absolute Gasteiger partial charge is 0.309 e. The Bertz CT molecular complexity index is 1070. The van der Waals surface area contributed by atoms with E-state index in [4.69, 9.17) is 9.47 Å². The third-order valence-corrected chi connectivity index (χ3v) is 8.05. The number of H-pyrrole nitrogens is 1. The van der Waals surface area contributed by atoms with E-state index in [0.29, 0.717) is 49.8 Å². The van der Waals surface area contributed by atoms with Crippen LogP contribution in [0.15, 0.2) is 6.07 Å². The number of hydrogen-bond donors (Lipinski definition) is 3. The van der Waals surface area contributed by atoms with Gasteiger partial charge in [0.1, 0.15) is 12.3 Å². The number of aromatic amines is 1. The quantitative estimate of drug-likeness (QED) is 0.222. The molecule has 10 nitrogen and oxygen atoms in total. The average Bonchev–Trinajstić information content (AvgIpc) is 3.23. The lowest BCUT2D eigenvalue weighted by Crippen LogP contribution is -2.38. The topological polar surface area (TPSA) is 117 Å². The normalized spacial score (nSPS) is 22.6. The fourth-order valence-corrected chi connectivity index (χ4v) is 5.63. The maximum atomic E-state index is 15.6. The predicted molar refractivity (Wildman–Crippen MR) is 147 cm³/mol. The van der Waals surface area contributed by atoms with Crippen LogP contribution in [0.2, 0.25) is 0 Å². The van der Waals surface area contributed by atoms with Crippen LogP contribution < -0.4 is 14.9 Å². The molecule has 3 unspecified atom stereocenters. The lowest BCUT2D eigenvalue weighted by atomic mass is 10.00. The number of ether oxygens (including phenoxy) is 2. The lowest BCUT2D eigenvalue weighted by Gasteiger charge is -2.31. The van der Waals surface area contributed by atoms with E-state index in [1.54, 1.807) is 18.0 Å². The summed E-state index contributed by atoms with van der Waals surface area (Å²) in [5, 5.41) is 9.97. The van der Waals surface area contributed by atoms with Crippen molar-refractivity contribution in [2.45, 2.75) is 78.0 Å². The van der Waals surface area contributed by atoms with Crippen molar-refractivity contribution < 1.29 is 18.7 Å². The third-order valence-electron chi connectivity index (χ3n) is 7.26. The summed E-state index contributed by atoms with van der Waals surface area (Å²) in [5.74, 6) is 1.15. The summed E-state index contributed by atoms with van der Waals surface area (Å²) in [7, 11) is 1.96. The number of anilines is 3. The molecular weight excluding hydrogens is 509 g/mol. The van der Waals surface area contributed by atoms with E-state index in [1.165, 1.54) is 0 Å². The van der Waals surface area contributed by atoms with Gasteiger partial charge in [-0.25, -0.2) is 9.37 Å². The van der Waals surface area contributed by atoms with Crippen LogP contribution in [-0.2, 0) is 20.9 Å². The fourth-order valence-electron chi connectivity index (χ4n) is 5.01. The minimum Gasteiger partial charge on any atom is -0.459 e. The van der Waals surface area contributed by atoms with Crippen molar-refractivity contribution in [1.29, 1.82) is 0 Å². The summed E-state index contributed by atoms with van der Waals surface area (Å²) in [4.78, 5) is 23.8. The molecule has 2 aromatic rings. The maximum absolute atomic E-state index is 15.6. The van der Waals surface area contributed by atoms with E-state index in [9.17, 15) is 4.79 Å². The molecular formula is C26H40FN7O3S. The molecule has 0 amide bonds. The SMILES string of the molecule is CCSNC1CCC(C)CC(N(C)c2nc(COC(=O)C3CCOCC3)c(F)c(Nc3cc(C)[nH]n3)n2)C1. The maximum Gasteiger partial charge on any atom is 0.309 e. The van der Waals surface area contributed by atoms with Gasteiger partial charge in [-0.15, -0.1) is 0 Å². The summed E-state index contributed by atoms with van der Waals surface area (Å²) in [6, 6.07) is 2.32. The number of aryl methyl sites for hydroxylation is 1. The standard InChI is InChI=1S/C26H40FN7O3S/c1-5-38-33-19-7-6-16(2)12-20(14-19)34(4)26-28-21(15-37-25(35)18-8-10-36-11-9-18)23(27)24(30-26)29-22-13-17(3)31-32-22/h13,16,18-20,33H,5-12,14-15H2,1-4H3,(H2,28,29,30,31,32). The van der Waals surface area contributed by atoms with Crippen LogP contribution in [0.3, 0.4) is 0 Å². The zero-order chi connectivity index (χ0) is 27.1. The summed E-state index contributed by atoms with van der Waals surface area (Å²) < 4.78 is 30.1. The number of carbonyl (C=O) groups is 1. The summed E-state index contributed by atoms with van der Waals surface area (Å²) in [6.45, 7) is 7.07. The van der Waals surface area contributed by atoms with Gasteiger partial charge in [-0.3, -0.25) is 14.6 Å². The van der Waals surface area contributed by atoms with Gasteiger partial charge in [-0.05, 0) is 51.4 Å². The Balaban J connectivity index is 1.58. The van der Waals surface area contributed by atoms with E-state index < -0.39 is 5.82 Å². The van der Waals surface area contributed by atoms with Crippen molar-refractivity contribution in [2.75, 3.05) is 36.2 Å². The van der Waals surface area contributed by atoms with E-state index in [-0.39, 0.29) is 36.0 Å². The summed E-state index contributed by atoms with van der Waals surface area (Å²) in [6.07, 6.45) is 5.40. The van der Waals surface area contributed by atoms with Crippen molar-refractivity contribution in [3.8, 4) is 0 Å². The van der Waals surface area contributed by atoms with Gasteiger partial charge in [-0.2, -0.15) is 10.1 Å². The highest BCUT2D eigenvalue weighted by atomic mass is 32.2. The Morgan fingerprint density at radius 3 is 2.76 bits per heavy atom. The molecule has 4 rings (SSSR count). The Morgan fingerprint density at radius 1 is 1.26 bits per heavy atom. The van der Waals surface area contributed by atoms with Crippen molar-refractivity contribution in [3.63, 3.8) is 0 Å². The highest BCUT2D eigenvalue weighted by Crippen LogP contribution is 2.30.